The van der Waals surface area contributed by atoms with E-state index in [-0.39, 0.29) is 5.75 Å². The van der Waals surface area contributed by atoms with Crippen molar-refractivity contribution in [2.75, 3.05) is 33.3 Å². The average Bonchev–Trinajstić information content (AvgIpc) is 2.73. The first kappa shape index (κ1) is 21.6. The lowest BCUT2D eigenvalue weighted by Gasteiger charge is -2.32. The zero-order valence-corrected chi connectivity index (χ0v) is 17.8. The Morgan fingerprint density at radius 1 is 1.14 bits per heavy atom. The molecular formula is C23H30N2O3S. The second kappa shape index (κ2) is 10.6. The third kappa shape index (κ3) is 6.99. The number of nitrogens with zero attached hydrogens (tertiary/aromatic N) is 1. The molecule has 1 aliphatic rings. The SMILES string of the molecule is COc1ccccc1/C=C/CN1CCCC(CNS(=O)(=O)Cc2ccccc2)C1. The summed E-state index contributed by atoms with van der Waals surface area (Å²) in [7, 11) is -1.63. The molecule has 2 aromatic rings. The van der Waals surface area contributed by atoms with E-state index in [9.17, 15) is 8.42 Å². The number of methoxy groups -OCH3 is 1. The Balaban J connectivity index is 1.47. The zero-order valence-electron chi connectivity index (χ0n) is 17.0. The molecule has 1 atom stereocenters. The predicted molar refractivity (Wildman–Crippen MR) is 118 cm³/mol. The van der Waals surface area contributed by atoms with Gasteiger partial charge in [0.05, 0.1) is 12.9 Å². The van der Waals surface area contributed by atoms with E-state index in [0.29, 0.717) is 12.5 Å². The topological polar surface area (TPSA) is 58.6 Å². The predicted octanol–water partition coefficient (Wildman–Crippen LogP) is 3.54. The van der Waals surface area contributed by atoms with E-state index < -0.39 is 10.0 Å². The lowest BCUT2D eigenvalue weighted by molar-refractivity contribution is 0.192. The van der Waals surface area contributed by atoms with Gasteiger partial charge in [-0.1, -0.05) is 60.7 Å². The maximum Gasteiger partial charge on any atom is 0.215 e. The van der Waals surface area contributed by atoms with Crippen molar-refractivity contribution < 1.29 is 13.2 Å². The van der Waals surface area contributed by atoms with Crippen LogP contribution >= 0.6 is 0 Å². The number of piperidine rings is 1. The van der Waals surface area contributed by atoms with Crippen LogP contribution in [-0.4, -0.2) is 46.6 Å². The van der Waals surface area contributed by atoms with Gasteiger partial charge in [0, 0.05) is 25.2 Å². The summed E-state index contributed by atoms with van der Waals surface area (Å²) in [6.07, 6.45) is 6.39. The lowest BCUT2D eigenvalue weighted by atomic mass is 9.98. The molecule has 1 heterocycles. The van der Waals surface area contributed by atoms with Crippen LogP contribution in [0.5, 0.6) is 5.75 Å². The third-order valence-corrected chi connectivity index (χ3v) is 6.51. The van der Waals surface area contributed by atoms with Crippen LogP contribution in [0.2, 0.25) is 0 Å². The Labute approximate surface area is 174 Å². The second-order valence-electron chi connectivity index (χ2n) is 7.51. The summed E-state index contributed by atoms with van der Waals surface area (Å²) in [6.45, 7) is 3.31. The minimum atomic E-state index is -3.31. The third-order valence-electron chi connectivity index (χ3n) is 5.19. The monoisotopic (exact) mass is 414 g/mol. The summed E-state index contributed by atoms with van der Waals surface area (Å²) >= 11 is 0. The number of nitrogens with one attached hydrogen (secondary N) is 1. The van der Waals surface area contributed by atoms with E-state index in [1.165, 1.54) is 0 Å². The van der Waals surface area contributed by atoms with E-state index in [0.717, 1.165) is 49.4 Å². The van der Waals surface area contributed by atoms with Gasteiger partial charge in [0.25, 0.3) is 0 Å². The highest BCUT2D eigenvalue weighted by Gasteiger charge is 2.21. The zero-order chi connectivity index (χ0) is 20.5. The van der Waals surface area contributed by atoms with Crippen molar-refractivity contribution in [1.82, 2.24) is 9.62 Å². The number of hydrogen-bond donors (Lipinski definition) is 1. The van der Waals surface area contributed by atoms with Gasteiger partial charge in [-0.25, -0.2) is 13.1 Å². The summed E-state index contributed by atoms with van der Waals surface area (Å²) < 4.78 is 32.9. The van der Waals surface area contributed by atoms with Crippen molar-refractivity contribution in [2.45, 2.75) is 18.6 Å². The molecule has 156 valence electrons. The van der Waals surface area contributed by atoms with Gasteiger partial charge in [0.2, 0.25) is 10.0 Å². The second-order valence-corrected chi connectivity index (χ2v) is 9.31. The van der Waals surface area contributed by atoms with Crippen LogP contribution in [0.3, 0.4) is 0 Å². The molecule has 29 heavy (non-hydrogen) atoms. The van der Waals surface area contributed by atoms with Gasteiger partial charge in [-0.15, -0.1) is 0 Å². The molecule has 2 aromatic carbocycles. The molecule has 0 amide bonds. The molecule has 0 spiro atoms. The average molecular weight is 415 g/mol. The molecule has 1 saturated heterocycles. The van der Waals surface area contributed by atoms with Crippen LogP contribution in [0.15, 0.2) is 60.7 Å². The molecular weight excluding hydrogens is 384 g/mol. The molecule has 1 unspecified atom stereocenters. The Morgan fingerprint density at radius 3 is 2.69 bits per heavy atom. The van der Waals surface area contributed by atoms with Crippen LogP contribution in [0.1, 0.15) is 24.0 Å². The van der Waals surface area contributed by atoms with Crippen LogP contribution in [0, 0.1) is 5.92 Å². The van der Waals surface area contributed by atoms with Gasteiger partial charge in [-0.2, -0.15) is 0 Å². The number of sulfonamides is 1. The maximum absolute atomic E-state index is 12.4. The first-order valence-corrected chi connectivity index (χ1v) is 11.7. The van der Waals surface area contributed by atoms with Gasteiger partial charge in [0.15, 0.2) is 0 Å². The molecule has 0 aromatic heterocycles. The molecule has 6 heteroatoms. The molecule has 1 N–H and O–H groups in total. The minimum absolute atomic E-state index is 0.0337. The van der Waals surface area contributed by atoms with Crippen molar-refractivity contribution in [1.29, 1.82) is 0 Å². The molecule has 0 radical (unpaired) electrons. The van der Waals surface area contributed by atoms with Crippen molar-refractivity contribution in [3.05, 3.63) is 71.8 Å². The highest BCUT2D eigenvalue weighted by Crippen LogP contribution is 2.20. The van der Waals surface area contributed by atoms with E-state index in [1.54, 1.807) is 7.11 Å². The molecule has 0 saturated carbocycles. The van der Waals surface area contributed by atoms with Crippen molar-refractivity contribution in [2.24, 2.45) is 5.92 Å². The molecule has 5 nitrogen and oxygen atoms in total. The first-order valence-electron chi connectivity index (χ1n) is 10.1. The largest absolute Gasteiger partial charge is 0.496 e. The Hall–Kier alpha value is -2.15. The quantitative estimate of drug-likeness (QED) is 0.682. The molecule has 0 bridgehead atoms. The molecule has 0 aliphatic carbocycles. The summed E-state index contributed by atoms with van der Waals surface area (Å²) in [5.41, 5.74) is 1.88. The van der Waals surface area contributed by atoms with Gasteiger partial charge < -0.3 is 4.74 Å². The number of rotatable bonds is 9. The molecule has 1 aliphatic heterocycles. The Kier molecular flexibility index (Phi) is 7.86. The Bertz CT molecular complexity index is 897. The maximum atomic E-state index is 12.4. The molecule has 3 rings (SSSR count). The minimum Gasteiger partial charge on any atom is -0.496 e. The van der Waals surface area contributed by atoms with Crippen LogP contribution < -0.4 is 9.46 Å². The first-order chi connectivity index (χ1) is 14.1. The number of hydrogen-bond acceptors (Lipinski definition) is 4. The summed E-state index contributed by atoms with van der Waals surface area (Å²) in [5, 5.41) is 0. The summed E-state index contributed by atoms with van der Waals surface area (Å²) in [5.74, 6) is 1.24. The standard InChI is InChI=1S/C23H30N2O3S/c1-28-23-14-6-5-12-22(23)13-8-16-25-15-7-11-21(18-25)17-24-29(26,27)19-20-9-3-2-4-10-20/h2-6,8-10,12-14,21,24H,7,11,15-19H2,1H3/b13-8+. The van der Waals surface area contributed by atoms with Gasteiger partial charge >= 0.3 is 0 Å². The van der Waals surface area contributed by atoms with Gasteiger partial charge in [-0.3, -0.25) is 4.90 Å². The number of para-hydroxylation sites is 1. The van der Waals surface area contributed by atoms with E-state index in [2.05, 4.69) is 21.8 Å². The highest BCUT2D eigenvalue weighted by molar-refractivity contribution is 7.88. The van der Waals surface area contributed by atoms with Crippen LogP contribution in [0.4, 0.5) is 0 Å². The highest BCUT2D eigenvalue weighted by atomic mass is 32.2. The fraction of sp³-hybridized carbons (Fsp3) is 0.391. The van der Waals surface area contributed by atoms with Crippen LogP contribution in [-0.2, 0) is 15.8 Å². The van der Waals surface area contributed by atoms with Crippen molar-refractivity contribution >= 4 is 16.1 Å². The fourth-order valence-electron chi connectivity index (χ4n) is 3.71. The Morgan fingerprint density at radius 2 is 1.90 bits per heavy atom. The lowest BCUT2D eigenvalue weighted by Crippen LogP contribution is -2.41. The van der Waals surface area contributed by atoms with E-state index in [4.69, 9.17) is 4.74 Å². The van der Waals surface area contributed by atoms with E-state index in [1.807, 2.05) is 54.6 Å². The van der Waals surface area contributed by atoms with Crippen LogP contribution in [0.25, 0.3) is 6.08 Å². The summed E-state index contributed by atoms with van der Waals surface area (Å²) in [6, 6.07) is 17.3. The molecule has 1 fully saturated rings. The fourth-order valence-corrected chi connectivity index (χ4v) is 4.93. The number of benzene rings is 2. The normalized spacial score (nSPS) is 18.2. The van der Waals surface area contributed by atoms with Gasteiger partial charge in [-0.05, 0) is 36.9 Å². The number of likely N-dealkylation sites (tertiary alicyclic amines) is 1. The van der Waals surface area contributed by atoms with E-state index >= 15 is 0 Å². The van der Waals surface area contributed by atoms with Crippen molar-refractivity contribution in [3.8, 4) is 5.75 Å². The van der Waals surface area contributed by atoms with Crippen molar-refractivity contribution in [3.63, 3.8) is 0 Å². The smallest absolute Gasteiger partial charge is 0.215 e. The number of ether oxygens (including phenoxy) is 1. The van der Waals surface area contributed by atoms with Gasteiger partial charge in [0.1, 0.15) is 5.75 Å². The summed E-state index contributed by atoms with van der Waals surface area (Å²) in [4.78, 5) is 2.38.